The first kappa shape index (κ1) is 28.2. The number of halogens is 4. The summed E-state index contributed by atoms with van der Waals surface area (Å²) in [5.41, 5.74) is 6.89. The van der Waals surface area contributed by atoms with Gasteiger partial charge < -0.3 is 5.73 Å². The van der Waals surface area contributed by atoms with Gasteiger partial charge in [0, 0.05) is 37.2 Å². The van der Waals surface area contributed by atoms with Gasteiger partial charge in [-0.3, -0.25) is 9.36 Å². The van der Waals surface area contributed by atoms with E-state index < -0.39 is 17.6 Å². The molecule has 0 aliphatic heterocycles. The lowest BCUT2D eigenvalue weighted by molar-refractivity contribution is -0.137. The van der Waals surface area contributed by atoms with E-state index in [1.807, 2.05) is 40.9 Å². The van der Waals surface area contributed by atoms with Gasteiger partial charge >= 0.3 is 6.18 Å². The van der Waals surface area contributed by atoms with Crippen LogP contribution in [0.25, 0.3) is 42.3 Å². The van der Waals surface area contributed by atoms with Crippen LogP contribution >= 0.6 is 45.3 Å². The molecule has 7 heterocycles. The second-order valence-electron chi connectivity index (χ2n) is 8.75. The molecule has 0 amide bonds. The number of aryl methyl sites for hydroxylation is 2. The van der Waals surface area contributed by atoms with Crippen molar-refractivity contribution < 1.29 is 13.2 Å². The van der Waals surface area contributed by atoms with E-state index >= 15 is 0 Å². The van der Waals surface area contributed by atoms with Crippen LogP contribution in [0.4, 0.5) is 19.0 Å². The smallest absolute Gasteiger partial charge is 0.383 e. The molecule has 7 aromatic heterocycles. The van der Waals surface area contributed by atoms with E-state index in [2.05, 4.69) is 64.9 Å². The molecule has 216 valence electrons. The molecule has 12 nitrogen and oxygen atoms in total. The number of hydrogen-bond acceptors (Lipinski definition) is 10. The minimum absolute atomic E-state index is 0.236. The van der Waals surface area contributed by atoms with Crippen LogP contribution in [0.5, 0.6) is 0 Å². The molecule has 0 radical (unpaired) electrons. The number of hydrogen-bond donors (Lipinski definition) is 1. The van der Waals surface area contributed by atoms with Crippen molar-refractivity contribution in [3.8, 4) is 32.4 Å². The number of fused-ring (bicyclic) bond motifs is 2. The molecule has 0 saturated carbocycles. The molecule has 0 aromatic carbocycles. The van der Waals surface area contributed by atoms with Crippen LogP contribution < -0.4 is 5.73 Å². The zero-order valence-electron chi connectivity index (χ0n) is 21.9. The van der Waals surface area contributed by atoms with Crippen molar-refractivity contribution in [1.82, 2.24) is 53.7 Å². The second-order valence-corrected chi connectivity index (χ2v) is 11.8. The number of anilines is 1. The highest BCUT2D eigenvalue weighted by molar-refractivity contribution is 14.1. The average Bonchev–Trinajstić information content (AvgIpc) is 3.79. The standard InChI is InChI=1S/C15H12F3N7S.C9H8IN5S/c1-2-24-7-9(5-22-24)13-23-25-11(6-21-14(25)26-13)8-3-10(15(16,17)18)12(19)20-4-8;1-2-14-5-6(3-12-14)8-13-15-7(10)4-11-9(15)16-8/h3-7H,2H2,1H3,(H2,19,20);3-5H,2H2,1H3. The Morgan fingerprint density at radius 3 is 1.90 bits per heavy atom. The van der Waals surface area contributed by atoms with Crippen LogP contribution in [0.15, 0.2) is 49.4 Å². The van der Waals surface area contributed by atoms with Gasteiger partial charge in [-0.2, -0.15) is 38.1 Å². The summed E-state index contributed by atoms with van der Waals surface area (Å²) in [5, 5.41) is 19.0. The maximum absolute atomic E-state index is 13.1. The normalized spacial score (nSPS) is 11.9. The zero-order chi connectivity index (χ0) is 29.6. The van der Waals surface area contributed by atoms with Crippen LogP contribution in [-0.2, 0) is 19.3 Å². The summed E-state index contributed by atoms with van der Waals surface area (Å²) in [6, 6.07) is 0.958. The van der Waals surface area contributed by atoms with Gasteiger partial charge in [-0.1, -0.05) is 22.7 Å². The van der Waals surface area contributed by atoms with Crippen LogP contribution in [0, 0.1) is 3.70 Å². The number of imidazole rings is 2. The Kier molecular flexibility index (Phi) is 7.43. The number of nitrogens with zero attached hydrogens (tertiary/aromatic N) is 11. The SMILES string of the molecule is CCn1cc(-c2nn3c(-c4cnc(N)c(C(F)(F)F)c4)cnc3s2)cn1.CCn1cc(-c2nn3c(I)cnc3s2)cn1. The van der Waals surface area contributed by atoms with Gasteiger partial charge in [0.15, 0.2) is 10.0 Å². The Morgan fingerprint density at radius 1 is 0.786 bits per heavy atom. The van der Waals surface area contributed by atoms with E-state index in [0.29, 0.717) is 15.7 Å². The molecular formula is C24H20F3IN12S2. The number of aromatic nitrogens is 11. The highest BCUT2D eigenvalue weighted by Crippen LogP contribution is 2.36. The Hall–Kier alpha value is -3.91. The van der Waals surface area contributed by atoms with E-state index in [0.717, 1.165) is 44.0 Å². The highest BCUT2D eigenvalue weighted by Gasteiger charge is 2.34. The van der Waals surface area contributed by atoms with Crippen LogP contribution in [-0.4, -0.2) is 53.7 Å². The summed E-state index contributed by atoms with van der Waals surface area (Å²) in [6.45, 7) is 5.63. The Bertz CT molecular complexity index is 2010. The summed E-state index contributed by atoms with van der Waals surface area (Å²) in [4.78, 5) is 13.7. The second kappa shape index (κ2) is 11.1. The third-order valence-corrected chi connectivity index (χ3v) is 8.74. The molecule has 7 rings (SSSR count). The number of alkyl halides is 3. The predicted octanol–water partition coefficient (Wildman–Crippen LogP) is 5.62. The van der Waals surface area contributed by atoms with Gasteiger partial charge in [0.05, 0.1) is 47.2 Å². The first-order valence-corrected chi connectivity index (χ1v) is 15.1. The summed E-state index contributed by atoms with van der Waals surface area (Å²) in [6.07, 6.45) is 7.36. The highest BCUT2D eigenvalue weighted by atomic mass is 127. The summed E-state index contributed by atoms with van der Waals surface area (Å²) < 4.78 is 47.3. The lowest BCUT2D eigenvalue weighted by atomic mass is 10.1. The summed E-state index contributed by atoms with van der Waals surface area (Å²) in [7, 11) is 0. The fraction of sp³-hybridized carbons (Fsp3) is 0.208. The number of nitrogens with two attached hydrogens (primary N) is 1. The maximum Gasteiger partial charge on any atom is 0.419 e. The van der Waals surface area contributed by atoms with Crippen molar-refractivity contribution in [3.05, 3.63) is 58.7 Å². The largest absolute Gasteiger partial charge is 0.419 e. The number of nitrogen functional groups attached to an aromatic ring is 1. The first-order chi connectivity index (χ1) is 20.1. The van der Waals surface area contributed by atoms with Gasteiger partial charge in [0.1, 0.15) is 9.52 Å². The summed E-state index contributed by atoms with van der Waals surface area (Å²) in [5.74, 6) is -0.562. The molecule has 0 atom stereocenters. The van der Waals surface area contributed by atoms with E-state index in [9.17, 15) is 13.2 Å². The van der Waals surface area contributed by atoms with Crippen molar-refractivity contribution in [2.24, 2.45) is 0 Å². The van der Waals surface area contributed by atoms with Gasteiger partial charge in [-0.05, 0) is 42.5 Å². The third kappa shape index (κ3) is 5.36. The van der Waals surface area contributed by atoms with Crippen molar-refractivity contribution in [2.45, 2.75) is 33.1 Å². The Labute approximate surface area is 256 Å². The van der Waals surface area contributed by atoms with Gasteiger partial charge in [-0.15, -0.1) is 0 Å². The molecule has 42 heavy (non-hydrogen) atoms. The van der Waals surface area contributed by atoms with Crippen molar-refractivity contribution >= 4 is 61.0 Å². The van der Waals surface area contributed by atoms with Crippen molar-refractivity contribution in [3.63, 3.8) is 0 Å². The van der Waals surface area contributed by atoms with Crippen molar-refractivity contribution in [2.75, 3.05) is 5.73 Å². The lowest BCUT2D eigenvalue weighted by Crippen LogP contribution is -2.10. The fourth-order valence-corrected chi connectivity index (χ4v) is 6.27. The van der Waals surface area contributed by atoms with Gasteiger partial charge in [-0.25, -0.2) is 19.5 Å². The molecule has 0 spiro atoms. The molecule has 0 saturated heterocycles. The number of pyridine rings is 1. The van der Waals surface area contributed by atoms with E-state index in [4.69, 9.17) is 5.73 Å². The monoisotopic (exact) mass is 724 g/mol. The predicted molar refractivity (Wildman–Crippen MR) is 161 cm³/mol. The molecule has 0 aliphatic carbocycles. The molecule has 0 aliphatic rings. The van der Waals surface area contributed by atoms with Gasteiger partial charge in [0.2, 0.25) is 9.92 Å². The molecule has 18 heteroatoms. The number of rotatable bonds is 5. The van der Waals surface area contributed by atoms with Crippen LogP contribution in [0.3, 0.4) is 0 Å². The Morgan fingerprint density at radius 2 is 1.36 bits per heavy atom. The topological polar surface area (TPSA) is 135 Å². The molecular weight excluding hydrogens is 704 g/mol. The fourth-order valence-electron chi connectivity index (χ4n) is 3.93. The molecule has 7 aromatic rings. The minimum Gasteiger partial charge on any atom is -0.383 e. The average molecular weight is 725 g/mol. The molecule has 0 unspecified atom stereocenters. The van der Waals surface area contributed by atoms with Gasteiger partial charge in [0.25, 0.3) is 0 Å². The quantitative estimate of drug-likeness (QED) is 0.226. The molecule has 2 N–H and O–H groups in total. The maximum atomic E-state index is 13.1. The first-order valence-electron chi connectivity index (χ1n) is 12.4. The van der Waals surface area contributed by atoms with Crippen molar-refractivity contribution in [1.29, 1.82) is 0 Å². The molecule has 0 fully saturated rings. The van der Waals surface area contributed by atoms with Crippen LogP contribution in [0.1, 0.15) is 19.4 Å². The molecule has 0 bridgehead atoms. The minimum atomic E-state index is -4.58. The third-order valence-electron chi connectivity index (χ3n) is 6.06. The Balaban J connectivity index is 0.000000168. The van der Waals surface area contributed by atoms with E-state index in [-0.39, 0.29) is 5.56 Å². The lowest BCUT2D eigenvalue weighted by Gasteiger charge is -2.10. The zero-order valence-corrected chi connectivity index (χ0v) is 25.6. The summed E-state index contributed by atoms with van der Waals surface area (Å²) >= 11 is 5.12. The van der Waals surface area contributed by atoms with E-state index in [1.54, 1.807) is 22.2 Å². The van der Waals surface area contributed by atoms with Crippen LogP contribution in [0.2, 0.25) is 0 Å². The van der Waals surface area contributed by atoms with E-state index in [1.165, 1.54) is 28.2 Å².